The highest BCUT2D eigenvalue weighted by atomic mass is 32.2. The van der Waals surface area contributed by atoms with E-state index in [0.717, 1.165) is 5.56 Å². The van der Waals surface area contributed by atoms with Crippen LogP contribution in [0, 0.1) is 0 Å². The second-order valence-electron chi connectivity index (χ2n) is 6.23. The molecule has 0 radical (unpaired) electrons. The van der Waals surface area contributed by atoms with Crippen molar-refractivity contribution < 1.29 is 17.6 Å². The molecule has 1 aliphatic rings. The monoisotopic (exact) mass is 385 g/mol. The van der Waals surface area contributed by atoms with Crippen molar-refractivity contribution in [1.82, 2.24) is 14.3 Å². The Hall–Kier alpha value is -2.55. The largest absolute Gasteiger partial charge is 0.442 e. The van der Waals surface area contributed by atoms with E-state index in [2.05, 4.69) is 9.97 Å². The molecule has 0 amide bonds. The molecule has 8 heteroatoms. The molecule has 0 saturated heterocycles. The smallest absolute Gasteiger partial charge is 0.244 e. The number of hydrogen-bond donors (Lipinski definition) is 0. The molecule has 4 rings (SSSR count). The lowest BCUT2D eigenvalue weighted by Gasteiger charge is -2.24. The van der Waals surface area contributed by atoms with E-state index in [9.17, 15) is 8.42 Å². The Labute approximate surface area is 157 Å². The standard InChI is InChI=1S/C19H19N3O4S/c1-25-18(14-6-3-2-4-7-14)19-21-16-13-22(11-9-17(16)26-19)27(23,24)15-8-5-10-20-12-15/h2-8,10,12,18H,9,11,13H2,1H3. The molecular formula is C19H19N3O4S. The van der Waals surface area contributed by atoms with Crippen molar-refractivity contribution in [3.05, 3.63) is 77.8 Å². The number of hydrogen-bond acceptors (Lipinski definition) is 6. The number of sulfonamides is 1. The predicted octanol–water partition coefficient (Wildman–Crippen LogP) is 2.55. The van der Waals surface area contributed by atoms with Gasteiger partial charge in [0.25, 0.3) is 0 Å². The summed E-state index contributed by atoms with van der Waals surface area (Å²) in [5, 5.41) is 0. The van der Waals surface area contributed by atoms with Crippen LogP contribution in [0.2, 0.25) is 0 Å². The Morgan fingerprint density at radius 2 is 2.00 bits per heavy atom. The minimum absolute atomic E-state index is 0.168. The van der Waals surface area contributed by atoms with Crippen LogP contribution in [0.3, 0.4) is 0 Å². The lowest BCUT2D eigenvalue weighted by atomic mass is 10.1. The van der Waals surface area contributed by atoms with Gasteiger partial charge in [0.15, 0.2) is 6.10 Å². The van der Waals surface area contributed by atoms with Gasteiger partial charge in [-0.3, -0.25) is 4.98 Å². The average Bonchev–Trinajstić information content (AvgIpc) is 3.13. The first-order valence-electron chi connectivity index (χ1n) is 8.56. The maximum Gasteiger partial charge on any atom is 0.244 e. The van der Waals surface area contributed by atoms with E-state index in [4.69, 9.17) is 9.15 Å². The molecule has 140 valence electrons. The van der Waals surface area contributed by atoms with Crippen molar-refractivity contribution in [3.8, 4) is 0 Å². The van der Waals surface area contributed by atoms with Crippen molar-refractivity contribution >= 4 is 10.0 Å². The molecular weight excluding hydrogens is 366 g/mol. The van der Waals surface area contributed by atoms with E-state index in [1.807, 2.05) is 30.3 Å². The van der Waals surface area contributed by atoms with Gasteiger partial charge in [0, 0.05) is 32.5 Å². The predicted molar refractivity (Wildman–Crippen MR) is 97.3 cm³/mol. The summed E-state index contributed by atoms with van der Waals surface area (Å²) in [4.78, 5) is 8.62. The SMILES string of the molecule is COC(c1ccccc1)c1nc2c(o1)CCN(S(=O)(=O)c1cccnc1)C2. The molecule has 27 heavy (non-hydrogen) atoms. The normalized spacial score (nSPS) is 16.0. The van der Waals surface area contributed by atoms with Crippen LogP contribution in [0.5, 0.6) is 0 Å². The Morgan fingerprint density at radius 3 is 2.70 bits per heavy atom. The van der Waals surface area contributed by atoms with Crippen molar-refractivity contribution in [1.29, 1.82) is 0 Å². The van der Waals surface area contributed by atoms with Crippen LogP contribution >= 0.6 is 0 Å². The first kappa shape index (κ1) is 17.8. The fourth-order valence-corrected chi connectivity index (χ4v) is 4.53. The number of rotatable bonds is 5. The van der Waals surface area contributed by atoms with Crippen LogP contribution in [0.4, 0.5) is 0 Å². The zero-order valence-corrected chi connectivity index (χ0v) is 15.6. The van der Waals surface area contributed by atoms with E-state index in [1.54, 1.807) is 25.4 Å². The van der Waals surface area contributed by atoms with Gasteiger partial charge in [-0.1, -0.05) is 30.3 Å². The topological polar surface area (TPSA) is 85.5 Å². The molecule has 3 aromatic rings. The van der Waals surface area contributed by atoms with Crippen molar-refractivity contribution in [2.45, 2.75) is 24.0 Å². The Kier molecular flexibility index (Phi) is 4.77. The number of methoxy groups -OCH3 is 1. The fraction of sp³-hybridized carbons (Fsp3) is 0.263. The molecule has 0 bridgehead atoms. The lowest BCUT2D eigenvalue weighted by molar-refractivity contribution is 0.110. The first-order valence-corrected chi connectivity index (χ1v) is 10.00. The lowest BCUT2D eigenvalue weighted by Crippen LogP contribution is -2.35. The molecule has 1 unspecified atom stereocenters. The Balaban J connectivity index is 1.61. The minimum atomic E-state index is -3.62. The highest BCUT2D eigenvalue weighted by Gasteiger charge is 2.32. The second kappa shape index (κ2) is 7.22. The van der Waals surface area contributed by atoms with Crippen LogP contribution in [0.15, 0.2) is 64.2 Å². The molecule has 1 atom stereocenters. The van der Waals surface area contributed by atoms with Gasteiger partial charge < -0.3 is 9.15 Å². The number of aromatic nitrogens is 2. The molecule has 0 N–H and O–H groups in total. The first-order chi connectivity index (χ1) is 13.1. The van der Waals surface area contributed by atoms with E-state index in [-0.39, 0.29) is 11.4 Å². The van der Waals surface area contributed by atoms with E-state index < -0.39 is 16.1 Å². The van der Waals surface area contributed by atoms with Gasteiger partial charge in [0.05, 0.1) is 12.2 Å². The Morgan fingerprint density at radius 1 is 1.19 bits per heavy atom. The molecule has 0 spiro atoms. The third kappa shape index (κ3) is 3.39. The number of ether oxygens (including phenoxy) is 1. The maximum atomic E-state index is 12.8. The minimum Gasteiger partial charge on any atom is -0.442 e. The van der Waals surface area contributed by atoms with Crippen LogP contribution in [-0.2, 0) is 27.7 Å². The molecule has 0 fully saturated rings. The van der Waals surface area contributed by atoms with Gasteiger partial charge in [-0.25, -0.2) is 13.4 Å². The maximum absolute atomic E-state index is 12.8. The highest BCUT2D eigenvalue weighted by Crippen LogP contribution is 2.30. The van der Waals surface area contributed by atoms with Crippen molar-refractivity contribution in [2.75, 3.05) is 13.7 Å². The number of pyridine rings is 1. The van der Waals surface area contributed by atoms with Gasteiger partial charge in [-0.05, 0) is 17.7 Å². The summed E-state index contributed by atoms with van der Waals surface area (Å²) in [6.45, 7) is 0.503. The van der Waals surface area contributed by atoms with Gasteiger partial charge >= 0.3 is 0 Å². The average molecular weight is 385 g/mol. The summed E-state index contributed by atoms with van der Waals surface area (Å²) in [6, 6.07) is 12.8. The molecule has 1 aromatic carbocycles. The van der Waals surface area contributed by atoms with Crippen molar-refractivity contribution in [3.63, 3.8) is 0 Å². The molecule has 1 aliphatic heterocycles. The molecule has 2 aromatic heterocycles. The van der Waals surface area contributed by atoms with E-state index in [1.165, 1.54) is 10.5 Å². The van der Waals surface area contributed by atoms with Crippen LogP contribution in [0.1, 0.15) is 29.0 Å². The number of nitrogens with zero attached hydrogens (tertiary/aromatic N) is 3. The summed E-state index contributed by atoms with van der Waals surface area (Å²) in [6.07, 6.45) is 2.94. The number of oxazole rings is 1. The zero-order valence-electron chi connectivity index (χ0n) is 14.8. The van der Waals surface area contributed by atoms with Gasteiger partial charge in [-0.15, -0.1) is 0 Å². The molecule has 0 saturated carbocycles. The summed E-state index contributed by atoms with van der Waals surface area (Å²) in [7, 11) is -2.02. The summed E-state index contributed by atoms with van der Waals surface area (Å²) in [5.41, 5.74) is 1.56. The highest BCUT2D eigenvalue weighted by molar-refractivity contribution is 7.89. The number of fused-ring (bicyclic) bond motifs is 1. The second-order valence-corrected chi connectivity index (χ2v) is 8.16. The van der Waals surface area contributed by atoms with Gasteiger partial charge in [0.1, 0.15) is 10.7 Å². The van der Waals surface area contributed by atoms with Crippen molar-refractivity contribution in [2.24, 2.45) is 0 Å². The quantitative estimate of drug-likeness (QED) is 0.671. The summed E-state index contributed by atoms with van der Waals surface area (Å²) in [5.74, 6) is 1.15. The Bertz CT molecular complexity index is 1020. The third-order valence-electron chi connectivity index (χ3n) is 4.54. The summed E-state index contributed by atoms with van der Waals surface area (Å²) < 4.78 is 38.5. The van der Waals surface area contributed by atoms with E-state index in [0.29, 0.717) is 30.3 Å². The van der Waals surface area contributed by atoms with E-state index >= 15 is 0 Å². The van der Waals surface area contributed by atoms with Crippen LogP contribution in [0.25, 0.3) is 0 Å². The molecule has 3 heterocycles. The number of benzene rings is 1. The van der Waals surface area contributed by atoms with Gasteiger partial charge in [-0.2, -0.15) is 4.31 Å². The van der Waals surface area contributed by atoms with Crippen LogP contribution < -0.4 is 0 Å². The fourth-order valence-electron chi connectivity index (χ4n) is 3.17. The third-order valence-corrected chi connectivity index (χ3v) is 6.37. The summed E-state index contributed by atoms with van der Waals surface area (Å²) >= 11 is 0. The zero-order chi connectivity index (χ0) is 18.9. The molecule has 7 nitrogen and oxygen atoms in total. The molecule has 0 aliphatic carbocycles. The van der Waals surface area contributed by atoms with Gasteiger partial charge in [0.2, 0.25) is 15.9 Å². The van der Waals surface area contributed by atoms with Crippen LogP contribution in [-0.4, -0.2) is 36.3 Å².